The van der Waals surface area contributed by atoms with Crippen molar-refractivity contribution < 1.29 is 8.42 Å². The Bertz CT molecular complexity index is 361. The van der Waals surface area contributed by atoms with E-state index in [9.17, 15) is 8.42 Å². The molecule has 1 aliphatic carbocycles. The third-order valence-corrected chi connectivity index (χ3v) is 5.26. The summed E-state index contributed by atoms with van der Waals surface area (Å²) in [6.07, 6.45) is 8.53. The lowest BCUT2D eigenvalue weighted by Gasteiger charge is -2.33. The fraction of sp³-hybridized carbons (Fsp3) is 1.00. The summed E-state index contributed by atoms with van der Waals surface area (Å²) in [5, 5.41) is 3.73. The fourth-order valence-corrected chi connectivity index (χ4v) is 4.00. The minimum Gasteiger partial charge on any atom is -0.310 e. The van der Waals surface area contributed by atoms with Gasteiger partial charge in [-0.1, -0.05) is 12.8 Å². The van der Waals surface area contributed by atoms with Crippen LogP contribution in [0.4, 0.5) is 0 Å². The summed E-state index contributed by atoms with van der Waals surface area (Å²) in [5.41, 5.74) is 0.335. The summed E-state index contributed by atoms with van der Waals surface area (Å²) >= 11 is 0. The van der Waals surface area contributed by atoms with Gasteiger partial charge in [-0.15, -0.1) is 0 Å². The fourth-order valence-electron chi connectivity index (χ4n) is 3.35. The Hall–Kier alpha value is -0.130. The van der Waals surface area contributed by atoms with E-state index < -0.39 is 9.84 Å². The van der Waals surface area contributed by atoms with Crippen LogP contribution in [0.3, 0.4) is 0 Å². The van der Waals surface area contributed by atoms with Gasteiger partial charge in [0.05, 0.1) is 5.75 Å². The van der Waals surface area contributed by atoms with Crippen molar-refractivity contribution in [2.75, 3.05) is 38.2 Å². The van der Waals surface area contributed by atoms with Gasteiger partial charge in [0.25, 0.3) is 0 Å². The van der Waals surface area contributed by atoms with Crippen LogP contribution in [0, 0.1) is 0 Å². The zero-order valence-corrected chi connectivity index (χ0v) is 12.3. The zero-order chi connectivity index (χ0) is 13.1. The lowest BCUT2D eigenvalue weighted by atomic mass is 9.97. The van der Waals surface area contributed by atoms with Crippen molar-refractivity contribution in [3.8, 4) is 0 Å². The summed E-state index contributed by atoms with van der Waals surface area (Å²) in [5.74, 6) is 0.323. The first-order valence-electron chi connectivity index (χ1n) is 7.14. The summed E-state index contributed by atoms with van der Waals surface area (Å²) in [7, 11) is -2.80. The summed E-state index contributed by atoms with van der Waals surface area (Å²) < 4.78 is 22.3. The van der Waals surface area contributed by atoms with Gasteiger partial charge in [0.1, 0.15) is 9.84 Å². The van der Waals surface area contributed by atoms with E-state index in [1.165, 1.54) is 38.4 Å². The topological polar surface area (TPSA) is 49.4 Å². The number of hydrogen-bond acceptors (Lipinski definition) is 4. The molecule has 0 bridgehead atoms. The minimum absolute atomic E-state index is 0.323. The number of nitrogens with zero attached hydrogens (tertiary/aromatic N) is 1. The van der Waals surface area contributed by atoms with Crippen LogP contribution in [0.2, 0.25) is 0 Å². The summed E-state index contributed by atoms with van der Waals surface area (Å²) in [4.78, 5) is 2.47. The standard InChI is InChI=1S/C13H26N2O2S/c1-18(16,17)11-5-10-15-9-4-8-14-13(12-15)6-2-3-7-13/h14H,2-12H2,1H3. The number of hydrogen-bond donors (Lipinski definition) is 1. The van der Waals surface area contributed by atoms with Gasteiger partial charge in [0.2, 0.25) is 0 Å². The Labute approximate surface area is 111 Å². The number of nitrogens with one attached hydrogen (secondary N) is 1. The molecule has 1 saturated carbocycles. The molecular weight excluding hydrogens is 248 g/mol. The summed E-state index contributed by atoms with van der Waals surface area (Å²) in [6, 6.07) is 0. The highest BCUT2D eigenvalue weighted by molar-refractivity contribution is 7.90. The number of sulfone groups is 1. The Morgan fingerprint density at radius 2 is 1.94 bits per heavy atom. The van der Waals surface area contributed by atoms with Crippen molar-refractivity contribution in [1.29, 1.82) is 0 Å². The van der Waals surface area contributed by atoms with E-state index in [2.05, 4.69) is 10.2 Å². The maximum atomic E-state index is 11.2. The van der Waals surface area contributed by atoms with Gasteiger partial charge >= 0.3 is 0 Å². The van der Waals surface area contributed by atoms with E-state index in [1.807, 2.05) is 0 Å². The van der Waals surface area contributed by atoms with E-state index in [4.69, 9.17) is 0 Å². The third-order valence-electron chi connectivity index (χ3n) is 4.23. The molecule has 1 aliphatic heterocycles. The molecule has 5 heteroatoms. The Balaban J connectivity index is 1.84. The lowest BCUT2D eigenvalue weighted by molar-refractivity contribution is 0.210. The van der Waals surface area contributed by atoms with Crippen molar-refractivity contribution in [3.05, 3.63) is 0 Å². The van der Waals surface area contributed by atoms with E-state index in [1.54, 1.807) is 0 Å². The van der Waals surface area contributed by atoms with E-state index in [-0.39, 0.29) is 0 Å². The van der Waals surface area contributed by atoms with Gasteiger partial charge in [-0.3, -0.25) is 0 Å². The van der Waals surface area contributed by atoms with Crippen molar-refractivity contribution in [3.63, 3.8) is 0 Å². The minimum atomic E-state index is -2.80. The second-order valence-electron chi connectivity index (χ2n) is 6.03. The molecule has 0 radical (unpaired) electrons. The quantitative estimate of drug-likeness (QED) is 0.832. The van der Waals surface area contributed by atoms with Crippen LogP contribution in [0.25, 0.3) is 0 Å². The monoisotopic (exact) mass is 274 g/mol. The smallest absolute Gasteiger partial charge is 0.147 e. The molecule has 0 aromatic rings. The molecular formula is C13H26N2O2S. The van der Waals surface area contributed by atoms with Crippen molar-refractivity contribution in [1.82, 2.24) is 10.2 Å². The molecule has 0 atom stereocenters. The molecule has 0 unspecified atom stereocenters. The van der Waals surface area contributed by atoms with Crippen molar-refractivity contribution in [2.24, 2.45) is 0 Å². The first-order valence-corrected chi connectivity index (χ1v) is 9.20. The molecule has 2 aliphatic rings. The van der Waals surface area contributed by atoms with E-state index in [0.717, 1.165) is 32.6 Å². The first kappa shape index (κ1) is 14.3. The van der Waals surface area contributed by atoms with Gasteiger partial charge < -0.3 is 10.2 Å². The molecule has 0 aromatic carbocycles. The van der Waals surface area contributed by atoms with Crippen molar-refractivity contribution >= 4 is 9.84 Å². The molecule has 18 heavy (non-hydrogen) atoms. The predicted molar refractivity (Wildman–Crippen MR) is 74.6 cm³/mol. The van der Waals surface area contributed by atoms with Crippen molar-refractivity contribution in [2.45, 2.75) is 44.1 Å². The summed E-state index contributed by atoms with van der Waals surface area (Å²) in [6.45, 7) is 4.26. The normalized spacial score (nSPS) is 25.4. The van der Waals surface area contributed by atoms with Gasteiger partial charge in [0.15, 0.2) is 0 Å². The molecule has 2 rings (SSSR count). The zero-order valence-electron chi connectivity index (χ0n) is 11.5. The maximum absolute atomic E-state index is 11.2. The molecule has 2 fully saturated rings. The Kier molecular flexibility index (Phi) is 4.67. The highest BCUT2D eigenvalue weighted by atomic mass is 32.2. The number of rotatable bonds is 4. The SMILES string of the molecule is CS(=O)(=O)CCCN1CCCNC2(CCCC2)C1. The van der Waals surface area contributed by atoms with E-state index >= 15 is 0 Å². The third kappa shape index (κ3) is 4.21. The van der Waals surface area contributed by atoms with Crippen LogP contribution in [-0.4, -0.2) is 57.0 Å². The van der Waals surface area contributed by atoms with Crippen LogP contribution in [0.1, 0.15) is 38.5 Å². The Morgan fingerprint density at radius 3 is 2.61 bits per heavy atom. The molecule has 1 saturated heterocycles. The van der Waals surface area contributed by atoms with Gasteiger partial charge in [-0.2, -0.15) is 0 Å². The molecule has 1 spiro atoms. The molecule has 0 amide bonds. The van der Waals surface area contributed by atoms with Crippen LogP contribution in [-0.2, 0) is 9.84 Å². The van der Waals surface area contributed by atoms with Crippen LogP contribution in [0.15, 0.2) is 0 Å². The molecule has 1 N–H and O–H groups in total. The second kappa shape index (κ2) is 5.88. The van der Waals surface area contributed by atoms with Gasteiger partial charge in [-0.05, 0) is 45.3 Å². The van der Waals surface area contributed by atoms with E-state index in [0.29, 0.717) is 11.3 Å². The van der Waals surface area contributed by atoms with Gasteiger partial charge in [0, 0.05) is 18.3 Å². The molecule has 1 heterocycles. The Morgan fingerprint density at radius 1 is 1.22 bits per heavy atom. The van der Waals surface area contributed by atoms with Gasteiger partial charge in [-0.25, -0.2) is 8.42 Å². The highest BCUT2D eigenvalue weighted by Crippen LogP contribution is 2.31. The van der Waals surface area contributed by atoms with Crippen LogP contribution >= 0.6 is 0 Å². The maximum Gasteiger partial charge on any atom is 0.147 e. The second-order valence-corrected chi connectivity index (χ2v) is 8.29. The predicted octanol–water partition coefficient (Wildman–Crippen LogP) is 1.03. The molecule has 106 valence electrons. The van der Waals surface area contributed by atoms with Crippen LogP contribution in [0.5, 0.6) is 0 Å². The molecule has 0 aromatic heterocycles. The first-order chi connectivity index (χ1) is 8.49. The highest BCUT2D eigenvalue weighted by Gasteiger charge is 2.36. The van der Waals surface area contributed by atoms with Crippen LogP contribution < -0.4 is 5.32 Å². The average Bonchev–Trinajstić information content (AvgIpc) is 2.61. The lowest BCUT2D eigenvalue weighted by Crippen LogP contribution is -2.49. The molecule has 4 nitrogen and oxygen atoms in total. The average molecular weight is 274 g/mol. The largest absolute Gasteiger partial charge is 0.310 e.